The highest BCUT2D eigenvalue weighted by Crippen LogP contribution is 2.15. The third-order valence-corrected chi connectivity index (χ3v) is 11.9. The minimum absolute atomic E-state index is 0.0909. The molecule has 0 aliphatic rings. The lowest BCUT2D eigenvalue weighted by Crippen LogP contribution is -2.30. The zero-order valence-corrected chi connectivity index (χ0v) is 44.3. The van der Waals surface area contributed by atoms with Crippen LogP contribution in [0.5, 0.6) is 0 Å². The monoisotopic (exact) mass is 945 g/mol. The molecule has 0 N–H and O–H groups in total. The van der Waals surface area contributed by atoms with Gasteiger partial charge in [0, 0.05) is 19.3 Å². The normalized spacial score (nSPS) is 12.8. The third kappa shape index (κ3) is 53.3. The third-order valence-electron chi connectivity index (χ3n) is 11.9. The molecule has 0 saturated heterocycles. The van der Waals surface area contributed by atoms with E-state index in [4.69, 9.17) is 14.2 Å². The molecule has 0 rings (SSSR count). The molecule has 1 unspecified atom stereocenters. The molecule has 0 aromatic heterocycles. The van der Waals surface area contributed by atoms with Crippen molar-refractivity contribution in [2.45, 2.75) is 264 Å². The van der Waals surface area contributed by atoms with E-state index < -0.39 is 6.10 Å². The molecule has 0 amide bonds. The van der Waals surface area contributed by atoms with Crippen molar-refractivity contribution in [3.05, 3.63) is 97.2 Å². The van der Waals surface area contributed by atoms with Crippen molar-refractivity contribution < 1.29 is 28.6 Å². The molecule has 0 radical (unpaired) electrons. The molecular formula is C62H104O6. The number of hydrogen-bond acceptors (Lipinski definition) is 6. The van der Waals surface area contributed by atoms with Gasteiger partial charge in [0.15, 0.2) is 6.10 Å². The lowest BCUT2D eigenvalue weighted by molar-refractivity contribution is -0.167. The molecule has 0 heterocycles. The van der Waals surface area contributed by atoms with Crippen molar-refractivity contribution in [2.75, 3.05) is 13.2 Å². The molecule has 6 heteroatoms. The summed E-state index contributed by atoms with van der Waals surface area (Å²) in [6.07, 6.45) is 73.8. The second-order valence-corrected chi connectivity index (χ2v) is 18.6. The minimum Gasteiger partial charge on any atom is -0.462 e. The molecule has 0 aliphatic carbocycles. The van der Waals surface area contributed by atoms with Crippen molar-refractivity contribution in [2.24, 2.45) is 0 Å². The van der Waals surface area contributed by atoms with Gasteiger partial charge in [-0.2, -0.15) is 0 Å². The highest BCUT2D eigenvalue weighted by molar-refractivity contribution is 5.71. The molecule has 0 bridgehead atoms. The summed E-state index contributed by atoms with van der Waals surface area (Å²) in [5.41, 5.74) is 0. The van der Waals surface area contributed by atoms with Gasteiger partial charge in [-0.3, -0.25) is 14.4 Å². The number of ether oxygens (including phenoxy) is 3. The molecule has 0 aromatic rings. The van der Waals surface area contributed by atoms with E-state index in [1.54, 1.807) is 0 Å². The lowest BCUT2D eigenvalue weighted by Gasteiger charge is -2.18. The molecule has 1 atom stereocenters. The van der Waals surface area contributed by atoms with Crippen LogP contribution in [0, 0.1) is 0 Å². The molecule has 0 aliphatic heterocycles. The van der Waals surface area contributed by atoms with E-state index in [-0.39, 0.29) is 31.1 Å². The fraction of sp³-hybridized carbons (Fsp3) is 0.694. The second kappa shape index (κ2) is 55.9. The Morgan fingerprint density at radius 2 is 0.632 bits per heavy atom. The smallest absolute Gasteiger partial charge is 0.306 e. The summed E-state index contributed by atoms with van der Waals surface area (Å²) in [4.78, 5) is 38.1. The molecular weight excluding hydrogens is 841 g/mol. The van der Waals surface area contributed by atoms with Gasteiger partial charge in [0.2, 0.25) is 0 Å². The van der Waals surface area contributed by atoms with Crippen LogP contribution < -0.4 is 0 Å². The Labute approximate surface area is 419 Å². The van der Waals surface area contributed by atoms with Crippen molar-refractivity contribution in [1.29, 1.82) is 0 Å². The van der Waals surface area contributed by atoms with Crippen molar-refractivity contribution in [3.8, 4) is 0 Å². The maximum atomic E-state index is 12.8. The van der Waals surface area contributed by atoms with Crippen LogP contribution in [0.2, 0.25) is 0 Å². The van der Waals surface area contributed by atoms with E-state index >= 15 is 0 Å². The number of unbranched alkanes of at least 4 members (excludes halogenated alkanes) is 26. The summed E-state index contributed by atoms with van der Waals surface area (Å²) in [5.74, 6) is -0.925. The van der Waals surface area contributed by atoms with Crippen LogP contribution in [0.15, 0.2) is 97.2 Å². The predicted octanol–water partition coefficient (Wildman–Crippen LogP) is 18.9. The first-order valence-corrected chi connectivity index (χ1v) is 28.3. The van der Waals surface area contributed by atoms with E-state index in [2.05, 4.69) is 118 Å². The maximum absolute atomic E-state index is 12.8. The first-order valence-electron chi connectivity index (χ1n) is 28.3. The Balaban J connectivity index is 4.46. The van der Waals surface area contributed by atoms with E-state index in [1.165, 1.54) is 96.3 Å². The van der Waals surface area contributed by atoms with Crippen LogP contribution in [-0.2, 0) is 28.6 Å². The number of hydrogen-bond donors (Lipinski definition) is 0. The van der Waals surface area contributed by atoms with Gasteiger partial charge in [-0.15, -0.1) is 0 Å². The summed E-state index contributed by atoms with van der Waals surface area (Å²) in [6, 6.07) is 0. The lowest BCUT2D eigenvalue weighted by atomic mass is 10.0. The minimum atomic E-state index is -0.796. The first kappa shape index (κ1) is 64.3. The zero-order chi connectivity index (χ0) is 49.3. The van der Waals surface area contributed by atoms with Gasteiger partial charge >= 0.3 is 17.9 Å². The summed E-state index contributed by atoms with van der Waals surface area (Å²) in [7, 11) is 0. The predicted molar refractivity (Wildman–Crippen MR) is 293 cm³/mol. The molecule has 0 aromatic carbocycles. The summed E-state index contributed by atoms with van der Waals surface area (Å²) < 4.78 is 16.8. The highest BCUT2D eigenvalue weighted by atomic mass is 16.6. The van der Waals surface area contributed by atoms with Crippen molar-refractivity contribution in [1.82, 2.24) is 0 Å². The van der Waals surface area contributed by atoms with Gasteiger partial charge in [0.25, 0.3) is 0 Å². The van der Waals surface area contributed by atoms with E-state index in [1.807, 2.05) is 0 Å². The van der Waals surface area contributed by atoms with Gasteiger partial charge in [-0.1, -0.05) is 253 Å². The van der Waals surface area contributed by atoms with Crippen LogP contribution in [0.25, 0.3) is 0 Å². The maximum Gasteiger partial charge on any atom is 0.306 e. The highest BCUT2D eigenvalue weighted by Gasteiger charge is 2.19. The quantitative estimate of drug-likeness (QED) is 0.0199. The average Bonchev–Trinajstić information content (AvgIpc) is 3.34. The second-order valence-electron chi connectivity index (χ2n) is 18.6. The van der Waals surface area contributed by atoms with Gasteiger partial charge in [0.1, 0.15) is 13.2 Å². The Morgan fingerprint density at radius 1 is 0.324 bits per heavy atom. The van der Waals surface area contributed by atoms with Crippen LogP contribution in [0.3, 0.4) is 0 Å². The van der Waals surface area contributed by atoms with Gasteiger partial charge in [0.05, 0.1) is 0 Å². The Bertz CT molecular complexity index is 1360. The topological polar surface area (TPSA) is 78.9 Å². The fourth-order valence-corrected chi connectivity index (χ4v) is 7.68. The van der Waals surface area contributed by atoms with Crippen LogP contribution in [-0.4, -0.2) is 37.2 Å². The van der Waals surface area contributed by atoms with E-state index in [0.29, 0.717) is 19.3 Å². The molecule has 388 valence electrons. The molecule has 0 saturated carbocycles. The number of allylic oxidation sites excluding steroid dienone is 16. The summed E-state index contributed by atoms with van der Waals surface area (Å²) in [6.45, 7) is 6.46. The number of carbonyl (C=O) groups is 3. The Morgan fingerprint density at radius 3 is 1.06 bits per heavy atom. The Kier molecular flexibility index (Phi) is 52.9. The number of rotatable bonds is 50. The van der Waals surface area contributed by atoms with Gasteiger partial charge in [-0.05, 0) is 83.5 Å². The molecule has 68 heavy (non-hydrogen) atoms. The zero-order valence-electron chi connectivity index (χ0n) is 44.3. The average molecular weight is 946 g/mol. The molecule has 6 nitrogen and oxygen atoms in total. The Hall–Kier alpha value is -3.67. The van der Waals surface area contributed by atoms with E-state index in [0.717, 1.165) is 122 Å². The van der Waals surface area contributed by atoms with Gasteiger partial charge < -0.3 is 14.2 Å². The van der Waals surface area contributed by atoms with Crippen molar-refractivity contribution >= 4 is 17.9 Å². The van der Waals surface area contributed by atoms with Crippen molar-refractivity contribution in [3.63, 3.8) is 0 Å². The SMILES string of the molecule is CC/C=C\C/C=C\C/C=C\C/C=C\CCCCCCCCC(=O)OCC(COC(=O)CCCCCCCCCCCCCCC)OC(=O)CCCCCCC\C=C/C=C\C=C/C=C\CCCCC. The molecule has 0 spiro atoms. The largest absolute Gasteiger partial charge is 0.462 e. The van der Waals surface area contributed by atoms with Crippen LogP contribution in [0.4, 0.5) is 0 Å². The number of carbonyl (C=O) groups excluding carboxylic acids is 3. The summed E-state index contributed by atoms with van der Waals surface area (Å²) in [5, 5.41) is 0. The fourth-order valence-electron chi connectivity index (χ4n) is 7.68. The van der Waals surface area contributed by atoms with E-state index in [9.17, 15) is 14.4 Å². The van der Waals surface area contributed by atoms with Crippen LogP contribution in [0.1, 0.15) is 258 Å². The van der Waals surface area contributed by atoms with Gasteiger partial charge in [-0.25, -0.2) is 0 Å². The number of esters is 3. The standard InChI is InChI=1S/C62H104O6/c1-4-7-10-13-16-19-22-25-27-29-31-33-34-37-40-43-46-49-52-55-61(64)67-58-59(57-66-60(63)54-51-48-45-42-39-36-24-21-18-15-12-9-6-3)68-62(65)56-53-50-47-44-41-38-35-32-30-28-26-23-20-17-14-11-8-5-2/h7,10,16-17,19-20,23,25-28,30-33,35,59H,4-6,8-9,11-15,18,21-22,24,29,34,36-58H2,1-3H3/b10-7-,19-16-,20-17-,26-23-,27-25-,30-28-,33-31-,35-32-. The first-order chi connectivity index (χ1) is 33.5. The van der Waals surface area contributed by atoms with Crippen LogP contribution >= 0.6 is 0 Å². The molecule has 0 fully saturated rings. The summed E-state index contributed by atoms with van der Waals surface area (Å²) >= 11 is 0.